The Kier molecular flexibility index (Phi) is 5.48. The van der Waals surface area contributed by atoms with E-state index in [0.29, 0.717) is 29.8 Å². The third kappa shape index (κ3) is 3.58. The Bertz CT molecular complexity index is 680. The number of fused-ring (bicyclic) bond motifs is 1. The van der Waals surface area contributed by atoms with Crippen LogP contribution in [0.2, 0.25) is 0 Å². The van der Waals surface area contributed by atoms with Gasteiger partial charge in [0.05, 0.1) is 11.1 Å². The Morgan fingerprint density at radius 1 is 1.08 bits per heavy atom. The molecular weight excluding hydrogens is 318 g/mol. The van der Waals surface area contributed by atoms with Gasteiger partial charge in [0.15, 0.2) is 0 Å². The van der Waals surface area contributed by atoms with Gasteiger partial charge in [0.1, 0.15) is 0 Å². The summed E-state index contributed by atoms with van der Waals surface area (Å²) in [5, 5.41) is 5.95. The summed E-state index contributed by atoms with van der Waals surface area (Å²) in [5.41, 5.74) is 1.19. The number of rotatable bonds is 6. The van der Waals surface area contributed by atoms with Gasteiger partial charge in [-0.25, -0.2) is 0 Å². The number of hydrogen-bond donors (Lipinski definition) is 2. The topological polar surface area (TPSA) is 78.5 Å². The zero-order valence-corrected chi connectivity index (χ0v) is 14.6. The monoisotopic (exact) mass is 343 g/mol. The summed E-state index contributed by atoms with van der Waals surface area (Å²) in [4.78, 5) is 39.0. The van der Waals surface area contributed by atoms with Gasteiger partial charge in [-0.05, 0) is 37.6 Å². The molecule has 1 heterocycles. The third-order valence-electron chi connectivity index (χ3n) is 4.96. The minimum absolute atomic E-state index is 0.00135. The first-order chi connectivity index (χ1) is 12.1. The van der Waals surface area contributed by atoms with Crippen LogP contribution < -0.4 is 10.6 Å². The second-order valence-electron chi connectivity index (χ2n) is 6.64. The molecule has 0 spiro atoms. The van der Waals surface area contributed by atoms with E-state index in [1.54, 1.807) is 18.2 Å². The average molecular weight is 343 g/mol. The van der Waals surface area contributed by atoms with E-state index in [0.717, 1.165) is 38.6 Å². The minimum Gasteiger partial charge on any atom is -0.351 e. The van der Waals surface area contributed by atoms with Gasteiger partial charge in [0.2, 0.25) is 0 Å². The first-order valence-electron chi connectivity index (χ1n) is 9.14. The van der Waals surface area contributed by atoms with Crippen LogP contribution in [0.15, 0.2) is 18.2 Å². The normalized spacial score (nSPS) is 17.7. The van der Waals surface area contributed by atoms with Gasteiger partial charge < -0.3 is 10.6 Å². The molecule has 0 atom stereocenters. The van der Waals surface area contributed by atoms with Crippen molar-refractivity contribution in [2.45, 2.75) is 45.1 Å². The molecule has 2 N–H and O–H groups in total. The number of carbonyl (C=O) groups excluding carboxylic acids is 3. The van der Waals surface area contributed by atoms with E-state index in [-0.39, 0.29) is 23.8 Å². The lowest BCUT2D eigenvalue weighted by atomic mass is 9.94. The summed E-state index contributed by atoms with van der Waals surface area (Å²) in [5.74, 6) is -0.697. The van der Waals surface area contributed by atoms with Gasteiger partial charge in [0, 0.05) is 24.7 Å². The summed E-state index contributed by atoms with van der Waals surface area (Å²) >= 11 is 0. The fraction of sp³-hybridized carbons (Fsp3) is 0.526. The van der Waals surface area contributed by atoms with Crippen molar-refractivity contribution in [3.63, 3.8) is 0 Å². The molecule has 1 aliphatic heterocycles. The molecule has 25 heavy (non-hydrogen) atoms. The van der Waals surface area contributed by atoms with Gasteiger partial charge in [-0.15, -0.1) is 0 Å². The maximum Gasteiger partial charge on any atom is 0.261 e. The van der Waals surface area contributed by atoms with Crippen LogP contribution in [0, 0.1) is 0 Å². The molecule has 0 saturated heterocycles. The Hall–Kier alpha value is -2.21. The Morgan fingerprint density at radius 2 is 1.80 bits per heavy atom. The molecule has 0 aromatic heterocycles. The summed E-state index contributed by atoms with van der Waals surface area (Å²) in [6, 6.07) is 4.79. The number of imide groups is 1. The van der Waals surface area contributed by atoms with Crippen molar-refractivity contribution in [2.24, 2.45) is 0 Å². The van der Waals surface area contributed by atoms with Crippen LogP contribution in [-0.2, 0) is 0 Å². The summed E-state index contributed by atoms with van der Waals surface area (Å²) in [6.07, 6.45) is 5.03. The highest BCUT2D eigenvalue weighted by molar-refractivity contribution is 6.22. The predicted molar refractivity (Wildman–Crippen MR) is 94.7 cm³/mol. The summed E-state index contributed by atoms with van der Waals surface area (Å²) in [6.45, 7) is 4.07. The average Bonchev–Trinajstić information content (AvgIpc) is 2.89. The van der Waals surface area contributed by atoms with Gasteiger partial charge in [-0.3, -0.25) is 19.3 Å². The van der Waals surface area contributed by atoms with Crippen molar-refractivity contribution >= 4 is 17.7 Å². The van der Waals surface area contributed by atoms with E-state index in [9.17, 15) is 14.4 Å². The standard InChI is InChI=1S/C19H25N3O3/c1-2-20-10-11-21-17(23)13-8-9-15-16(12-13)19(25)22(18(15)24)14-6-4-3-5-7-14/h8-9,12,14,20H,2-7,10-11H2,1H3,(H,21,23). The van der Waals surface area contributed by atoms with Crippen LogP contribution in [0.1, 0.15) is 70.1 Å². The lowest BCUT2D eigenvalue weighted by Crippen LogP contribution is -2.40. The number of amides is 3. The van der Waals surface area contributed by atoms with E-state index < -0.39 is 0 Å². The van der Waals surface area contributed by atoms with Crippen LogP contribution in [0.25, 0.3) is 0 Å². The summed E-state index contributed by atoms with van der Waals surface area (Å²) in [7, 11) is 0. The van der Waals surface area contributed by atoms with Crippen molar-refractivity contribution in [2.75, 3.05) is 19.6 Å². The zero-order valence-electron chi connectivity index (χ0n) is 14.6. The first-order valence-corrected chi connectivity index (χ1v) is 9.14. The van der Waals surface area contributed by atoms with Crippen molar-refractivity contribution < 1.29 is 14.4 Å². The van der Waals surface area contributed by atoms with Gasteiger partial charge in [-0.1, -0.05) is 26.2 Å². The van der Waals surface area contributed by atoms with E-state index in [2.05, 4.69) is 10.6 Å². The molecule has 0 unspecified atom stereocenters. The molecule has 6 nitrogen and oxygen atoms in total. The van der Waals surface area contributed by atoms with Gasteiger partial charge in [-0.2, -0.15) is 0 Å². The van der Waals surface area contributed by atoms with Gasteiger partial charge in [0.25, 0.3) is 17.7 Å². The van der Waals surface area contributed by atoms with E-state index in [1.165, 1.54) is 4.90 Å². The van der Waals surface area contributed by atoms with Crippen LogP contribution in [0.3, 0.4) is 0 Å². The second-order valence-corrected chi connectivity index (χ2v) is 6.64. The Labute approximate surface area is 148 Å². The summed E-state index contributed by atoms with van der Waals surface area (Å²) < 4.78 is 0. The SMILES string of the molecule is CCNCCNC(=O)c1ccc2c(c1)C(=O)N(C1CCCCC1)C2=O. The number of hydrogen-bond acceptors (Lipinski definition) is 4. The Balaban J connectivity index is 1.73. The van der Waals surface area contributed by atoms with Crippen molar-refractivity contribution in [3.8, 4) is 0 Å². The number of nitrogens with one attached hydrogen (secondary N) is 2. The number of likely N-dealkylation sites (N-methyl/N-ethyl adjacent to an activating group) is 1. The van der Waals surface area contributed by atoms with E-state index in [4.69, 9.17) is 0 Å². The quantitative estimate of drug-likeness (QED) is 0.611. The highest BCUT2D eigenvalue weighted by Gasteiger charge is 2.40. The van der Waals surface area contributed by atoms with E-state index in [1.807, 2.05) is 6.92 Å². The Morgan fingerprint density at radius 3 is 2.52 bits per heavy atom. The molecule has 1 aromatic carbocycles. The van der Waals surface area contributed by atoms with Crippen molar-refractivity contribution in [1.29, 1.82) is 0 Å². The van der Waals surface area contributed by atoms with Crippen LogP contribution in [0.4, 0.5) is 0 Å². The third-order valence-corrected chi connectivity index (χ3v) is 4.96. The molecule has 3 rings (SSSR count). The van der Waals surface area contributed by atoms with Crippen LogP contribution >= 0.6 is 0 Å². The lowest BCUT2D eigenvalue weighted by molar-refractivity contribution is 0.0549. The molecule has 3 amide bonds. The van der Waals surface area contributed by atoms with Crippen molar-refractivity contribution in [1.82, 2.24) is 15.5 Å². The fourth-order valence-corrected chi connectivity index (χ4v) is 3.61. The largest absolute Gasteiger partial charge is 0.351 e. The van der Waals surface area contributed by atoms with Crippen LogP contribution in [-0.4, -0.2) is 48.3 Å². The molecule has 2 aliphatic rings. The zero-order chi connectivity index (χ0) is 17.8. The van der Waals surface area contributed by atoms with Crippen molar-refractivity contribution in [3.05, 3.63) is 34.9 Å². The highest BCUT2D eigenvalue weighted by Crippen LogP contribution is 2.31. The molecule has 1 aliphatic carbocycles. The van der Waals surface area contributed by atoms with E-state index >= 15 is 0 Å². The maximum absolute atomic E-state index is 12.7. The molecule has 1 saturated carbocycles. The molecular formula is C19H25N3O3. The van der Waals surface area contributed by atoms with Gasteiger partial charge >= 0.3 is 0 Å². The molecule has 1 fully saturated rings. The number of benzene rings is 1. The maximum atomic E-state index is 12.7. The molecule has 134 valence electrons. The highest BCUT2D eigenvalue weighted by atomic mass is 16.2. The molecule has 0 bridgehead atoms. The number of nitrogens with zero attached hydrogens (tertiary/aromatic N) is 1. The molecule has 1 aromatic rings. The first kappa shape index (κ1) is 17.6. The second kappa shape index (κ2) is 7.78. The smallest absolute Gasteiger partial charge is 0.261 e. The fourth-order valence-electron chi connectivity index (χ4n) is 3.61. The molecule has 0 radical (unpaired) electrons. The molecule has 6 heteroatoms. The minimum atomic E-state index is -0.255. The van der Waals surface area contributed by atoms with Crippen LogP contribution in [0.5, 0.6) is 0 Å². The number of carbonyl (C=O) groups is 3. The lowest BCUT2D eigenvalue weighted by Gasteiger charge is -2.29. The predicted octanol–water partition coefficient (Wildman–Crippen LogP) is 1.95.